The molecule has 1 aliphatic rings. The third kappa shape index (κ3) is 4.19. The largest absolute Gasteiger partial charge is 0.371 e. The highest BCUT2D eigenvalue weighted by molar-refractivity contribution is 5.93. The summed E-state index contributed by atoms with van der Waals surface area (Å²) in [6, 6.07) is 18.0. The van der Waals surface area contributed by atoms with Gasteiger partial charge in [-0.15, -0.1) is 0 Å². The molecule has 1 amide bonds. The van der Waals surface area contributed by atoms with E-state index in [4.69, 9.17) is 0 Å². The third-order valence-electron chi connectivity index (χ3n) is 6.08. The molecule has 1 aliphatic heterocycles. The van der Waals surface area contributed by atoms with E-state index in [1.165, 1.54) is 16.8 Å². The predicted molar refractivity (Wildman–Crippen MR) is 128 cm³/mol. The van der Waals surface area contributed by atoms with Crippen LogP contribution in [-0.4, -0.2) is 33.5 Å². The van der Waals surface area contributed by atoms with Crippen molar-refractivity contribution in [3.05, 3.63) is 99.2 Å². The van der Waals surface area contributed by atoms with Gasteiger partial charge in [-0.3, -0.25) is 19.1 Å². The number of nitrogens with zero attached hydrogens (tertiary/aromatic N) is 3. The Balaban J connectivity index is 1.35. The van der Waals surface area contributed by atoms with Crippen LogP contribution in [0, 0.1) is 11.9 Å². The van der Waals surface area contributed by atoms with Crippen LogP contribution in [-0.2, 0) is 11.3 Å². The monoisotopic (exact) mass is 459 g/mol. The molecular formula is C25H22FN5O3. The minimum atomic E-state index is -0.798. The molecule has 0 aliphatic carbocycles. The Morgan fingerprint density at radius 3 is 2.71 bits per heavy atom. The summed E-state index contributed by atoms with van der Waals surface area (Å²) in [4.78, 5) is 45.6. The average molecular weight is 459 g/mol. The number of para-hydroxylation sites is 2. The molecule has 4 aromatic rings. The van der Waals surface area contributed by atoms with Gasteiger partial charge < -0.3 is 10.2 Å². The highest BCUT2D eigenvalue weighted by Gasteiger charge is 2.29. The van der Waals surface area contributed by atoms with E-state index in [0.29, 0.717) is 29.4 Å². The van der Waals surface area contributed by atoms with Gasteiger partial charge in [0, 0.05) is 25.0 Å². The number of fused-ring (bicyclic) bond motifs is 1. The van der Waals surface area contributed by atoms with Crippen molar-refractivity contribution in [1.82, 2.24) is 14.5 Å². The molecule has 34 heavy (non-hydrogen) atoms. The summed E-state index contributed by atoms with van der Waals surface area (Å²) in [5.41, 5.74) is 0.925. The highest BCUT2D eigenvalue weighted by atomic mass is 19.1. The molecule has 5 rings (SSSR count). The predicted octanol–water partition coefficient (Wildman–Crippen LogP) is 2.74. The molecule has 172 valence electrons. The molecule has 0 saturated carbocycles. The molecule has 2 aromatic carbocycles. The van der Waals surface area contributed by atoms with Gasteiger partial charge in [0.15, 0.2) is 0 Å². The lowest BCUT2D eigenvalue weighted by Crippen LogP contribution is -2.30. The molecule has 9 heteroatoms. The first kappa shape index (κ1) is 21.6. The van der Waals surface area contributed by atoms with E-state index in [9.17, 15) is 18.8 Å². The third-order valence-corrected chi connectivity index (χ3v) is 6.08. The molecule has 0 spiro atoms. The SMILES string of the molecule is O=C(Nc1cc(Cn2c(=O)[nH]c(=O)c3ccccc32)cnc1F)[C@H]1CCN(c2ccccc2)C1. The fourth-order valence-corrected chi connectivity index (χ4v) is 4.33. The molecule has 0 radical (unpaired) electrons. The van der Waals surface area contributed by atoms with Gasteiger partial charge in [-0.05, 0) is 42.3 Å². The van der Waals surface area contributed by atoms with E-state index < -0.39 is 17.2 Å². The second-order valence-corrected chi connectivity index (χ2v) is 8.30. The topological polar surface area (TPSA) is 100 Å². The molecule has 1 saturated heterocycles. The lowest BCUT2D eigenvalue weighted by atomic mass is 10.1. The van der Waals surface area contributed by atoms with Crippen molar-refractivity contribution in [3.8, 4) is 0 Å². The molecular weight excluding hydrogens is 437 g/mol. The summed E-state index contributed by atoms with van der Waals surface area (Å²) in [6.45, 7) is 1.34. The molecule has 0 bridgehead atoms. The molecule has 0 unspecified atom stereocenters. The fraction of sp³-hybridized carbons (Fsp3) is 0.200. The van der Waals surface area contributed by atoms with Gasteiger partial charge >= 0.3 is 5.69 Å². The van der Waals surface area contributed by atoms with E-state index in [0.717, 1.165) is 12.2 Å². The Kier molecular flexibility index (Phi) is 5.67. The van der Waals surface area contributed by atoms with Crippen LogP contribution < -0.4 is 21.5 Å². The number of benzene rings is 2. The number of amides is 1. The van der Waals surface area contributed by atoms with Crippen LogP contribution in [0.3, 0.4) is 0 Å². The second-order valence-electron chi connectivity index (χ2n) is 8.30. The van der Waals surface area contributed by atoms with Gasteiger partial charge in [0.05, 0.1) is 29.1 Å². The summed E-state index contributed by atoms with van der Waals surface area (Å²) in [6.07, 6.45) is 1.97. The quantitative estimate of drug-likeness (QED) is 0.447. The zero-order chi connectivity index (χ0) is 23.7. The van der Waals surface area contributed by atoms with E-state index in [-0.39, 0.29) is 24.1 Å². The highest BCUT2D eigenvalue weighted by Crippen LogP contribution is 2.25. The minimum Gasteiger partial charge on any atom is -0.371 e. The number of hydrogen-bond acceptors (Lipinski definition) is 5. The molecule has 1 fully saturated rings. The van der Waals surface area contributed by atoms with Crippen molar-refractivity contribution >= 4 is 28.2 Å². The number of aromatic nitrogens is 3. The van der Waals surface area contributed by atoms with E-state index in [1.807, 2.05) is 30.3 Å². The van der Waals surface area contributed by atoms with Gasteiger partial charge in [-0.1, -0.05) is 30.3 Å². The van der Waals surface area contributed by atoms with Gasteiger partial charge in [0.2, 0.25) is 11.9 Å². The molecule has 8 nitrogen and oxygen atoms in total. The Hall–Kier alpha value is -4.27. The molecule has 3 heterocycles. The number of H-pyrrole nitrogens is 1. The number of pyridine rings is 1. The van der Waals surface area contributed by atoms with E-state index in [1.54, 1.807) is 24.3 Å². The number of carbonyl (C=O) groups excluding carboxylic acids is 1. The summed E-state index contributed by atoms with van der Waals surface area (Å²) in [7, 11) is 0. The number of nitrogens with one attached hydrogen (secondary N) is 2. The summed E-state index contributed by atoms with van der Waals surface area (Å²) < 4.78 is 15.8. The standard InChI is InChI=1S/C25H22FN5O3/c26-22-20(28-23(32)17-10-11-30(15-17)18-6-2-1-3-7-18)12-16(13-27-22)14-31-21-9-5-4-8-19(21)24(33)29-25(31)34/h1-9,12-13,17H,10-11,14-15H2,(H,28,32)(H,29,33,34)/t17-/m0/s1. The maximum atomic E-state index is 14.4. The van der Waals surface area contributed by atoms with Crippen LogP contribution in [0.2, 0.25) is 0 Å². The first-order valence-electron chi connectivity index (χ1n) is 11.0. The van der Waals surface area contributed by atoms with Crippen LogP contribution in [0.25, 0.3) is 10.9 Å². The van der Waals surface area contributed by atoms with Crippen molar-refractivity contribution < 1.29 is 9.18 Å². The Bertz CT molecular complexity index is 1480. The maximum Gasteiger partial charge on any atom is 0.329 e. The number of halogens is 1. The molecule has 2 N–H and O–H groups in total. The van der Waals surface area contributed by atoms with Crippen LogP contribution in [0.5, 0.6) is 0 Å². The summed E-state index contributed by atoms with van der Waals surface area (Å²) in [5.74, 6) is -1.36. The second kappa shape index (κ2) is 8.93. The minimum absolute atomic E-state index is 0.0394. The van der Waals surface area contributed by atoms with Crippen molar-refractivity contribution in [2.75, 3.05) is 23.3 Å². The van der Waals surface area contributed by atoms with Gasteiger partial charge in [0.25, 0.3) is 5.56 Å². The number of carbonyl (C=O) groups is 1. The molecule has 2 aromatic heterocycles. The smallest absolute Gasteiger partial charge is 0.329 e. The normalized spacial score (nSPS) is 15.6. The summed E-state index contributed by atoms with van der Waals surface area (Å²) in [5, 5.41) is 3.03. The van der Waals surface area contributed by atoms with Gasteiger partial charge in [-0.2, -0.15) is 4.39 Å². The van der Waals surface area contributed by atoms with Gasteiger partial charge in [0.1, 0.15) is 0 Å². The Labute approximate surface area is 193 Å². The average Bonchev–Trinajstić information content (AvgIpc) is 3.35. The lowest BCUT2D eigenvalue weighted by Gasteiger charge is -2.18. The number of hydrogen-bond donors (Lipinski definition) is 2. The van der Waals surface area contributed by atoms with Crippen LogP contribution in [0.1, 0.15) is 12.0 Å². The van der Waals surface area contributed by atoms with E-state index >= 15 is 0 Å². The first-order valence-corrected chi connectivity index (χ1v) is 11.0. The maximum absolute atomic E-state index is 14.4. The lowest BCUT2D eigenvalue weighted by molar-refractivity contribution is -0.119. The zero-order valence-electron chi connectivity index (χ0n) is 18.2. The van der Waals surface area contributed by atoms with Crippen molar-refractivity contribution in [2.45, 2.75) is 13.0 Å². The molecule has 1 atom stereocenters. The Morgan fingerprint density at radius 1 is 1.12 bits per heavy atom. The van der Waals surface area contributed by atoms with Crippen LogP contribution >= 0.6 is 0 Å². The zero-order valence-corrected chi connectivity index (χ0v) is 18.2. The summed E-state index contributed by atoms with van der Waals surface area (Å²) >= 11 is 0. The van der Waals surface area contributed by atoms with E-state index in [2.05, 4.69) is 20.2 Å². The van der Waals surface area contributed by atoms with Crippen LogP contribution in [0.4, 0.5) is 15.8 Å². The van der Waals surface area contributed by atoms with Crippen LogP contribution in [0.15, 0.2) is 76.4 Å². The van der Waals surface area contributed by atoms with Gasteiger partial charge in [-0.25, -0.2) is 9.78 Å². The van der Waals surface area contributed by atoms with Crippen molar-refractivity contribution in [1.29, 1.82) is 0 Å². The van der Waals surface area contributed by atoms with Crippen molar-refractivity contribution in [3.63, 3.8) is 0 Å². The number of rotatable bonds is 5. The fourth-order valence-electron chi connectivity index (χ4n) is 4.33. The first-order chi connectivity index (χ1) is 16.5. The van der Waals surface area contributed by atoms with Crippen molar-refractivity contribution in [2.24, 2.45) is 5.92 Å². The Morgan fingerprint density at radius 2 is 1.88 bits per heavy atom. The number of anilines is 2. The number of aromatic amines is 1.